The third-order valence-corrected chi connectivity index (χ3v) is 4.33. The quantitative estimate of drug-likeness (QED) is 0.554. The Morgan fingerprint density at radius 1 is 0.966 bits per heavy atom. The minimum absolute atomic E-state index is 0.0761. The van der Waals surface area contributed by atoms with Crippen molar-refractivity contribution >= 4 is 28.1 Å². The van der Waals surface area contributed by atoms with Crippen molar-refractivity contribution in [3.63, 3.8) is 0 Å². The molecule has 0 aliphatic heterocycles. The van der Waals surface area contributed by atoms with E-state index in [1.54, 1.807) is 12.1 Å². The lowest BCUT2D eigenvalue weighted by Gasteiger charge is -2.14. The van der Waals surface area contributed by atoms with E-state index in [0.717, 1.165) is 27.7 Å². The minimum Gasteiger partial charge on any atom is -0.484 e. The van der Waals surface area contributed by atoms with E-state index in [-0.39, 0.29) is 17.7 Å². The predicted molar refractivity (Wildman–Crippen MR) is 107 cm³/mol. The van der Waals surface area contributed by atoms with Crippen LogP contribution in [0.2, 0.25) is 0 Å². The van der Waals surface area contributed by atoms with Gasteiger partial charge in [-0.05, 0) is 65.7 Å². The highest BCUT2D eigenvalue weighted by atomic mass is 19.4. The molecule has 3 aromatic carbocycles. The SMILES string of the molecule is CC(=O)NC(C)c1ccc2cc(Nc3ccc(OCC(F)(F)F)cc3)ccc2c1. The van der Waals surface area contributed by atoms with Crippen molar-refractivity contribution in [1.82, 2.24) is 5.32 Å². The summed E-state index contributed by atoms with van der Waals surface area (Å²) in [6.07, 6.45) is -4.36. The van der Waals surface area contributed by atoms with Crippen LogP contribution in [0.4, 0.5) is 24.5 Å². The summed E-state index contributed by atoms with van der Waals surface area (Å²) in [6.45, 7) is 2.11. The van der Waals surface area contributed by atoms with Crippen LogP contribution in [0.25, 0.3) is 10.8 Å². The fourth-order valence-corrected chi connectivity index (χ4v) is 2.97. The summed E-state index contributed by atoms with van der Waals surface area (Å²) in [6, 6.07) is 18.1. The average Bonchev–Trinajstić information content (AvgIpc) is 2.66. The Hall–Kier alpha value is -3.22. The van der Waals surface area contributed by atoms with Crippen molar-refractivity contribution in [3.05, 3.63) is 66.2 Å². The highest BCUT2D eigenvalue weighted by Gasteiger charge is 2.28. The molecule has 4 nitrogen and oxygen atoms in total. The average molecular weight is 402 g/mol. The molecule has 0 aliphatic rings. The van der Waals surface area contributed by atoms with Gasteiger partial charge in [-0.25, -0.2) is 0 Å². The van der Waals surface area contributed by atoms with Crippen molar-refractivity contribution in [3.8, 4) is 5.75 Å². The number of anilines is 2. The van der Waals surface area contributed by atoms with Gasteiger partial charge in [-0.15, -0.1) is 0 Å². The second-order valence-electron chi connectivity index (χ2n) is 6.80. The molecule has 29 heavy (non-hydrogen) atoms. The minimum atomic E-state index is -4.36. The molecule has 1 amide bonds. The normalized spacial score (nSPS) is 12.4. The summed E-state index contributed by atoms with van der Waals surface area (Å²) < 4.78 is 41.3. The number of rotatable bonds is 6. The molecular weight excluding hydrogens is 381 g/mol. The van der Waals surface area contributed by atoms with E-state index in [2.05, 4.69) is 10.6 Å². The lowest BCUT2D eigenvalue weighted by Crippen LogP contribution is -2.23. The topological polar surface area (TPSA) is 50.4 Å². The van der Waals surface area contributed by atoms with Crippen LogP contribution in [0.1, 0.15) is 25.5 Å². The molecule has 0 fully saturated rings. The largest absolute Gasteiger partial charge is 0.484 e. The Kier molecular flexibility index (Phi) is 5.96. The zero-order valence-electron chi connectivity index (χ0n) is 16.0. The van der Waals surface area contributed by atoms with Crippen LogP contribution in [0.15, 0.2) is 60.7 Å². The number of carbonyl (C=O) groups is 1. The third kappa shape index (κ3) is 5.88. The van der Waals surface area contributed by atoms with Crippen LogP contribution < -0.4 is 15.4 Å². The fraction of sp³-hybridized carbons (Fsp3) is 0.227. The maximum absolute atomic E-state index is 12.2. The number of carbonyl (C=O) groups excluding carboxylic acids is 1. The first kappa shape index (κ1) is 20.5. The number of ether oxygens (including phenoxy) is 1. The molecule has 0 radical (unpaired) electrons. The number of amides is 1. The number of benzene rings is 3. The predicted octanol–water partition coefficient (Wildman–Crippen LogP) is 5.72. The standard InChI is InChI=1S/C22H21F3N2O2/c1-14(26-15(2)28)16-3-4-18-12-20(6-5-17(18)11-16)27-19-7-9-21(10-8-19)29-13-22(23,24)25/h3-12,14,27H,13H2,1-2H3,(H,26,28). The molecule has 1 atom stereocenters. The molecule has 3 aromatic rings. The van der Waals surface area contributed by atoms with Gasteiger partial charge in [0.25, 0.3) is 0 Å². The Labute approximate surface area is 166 Å². The molecule has 2 N–H and O–H groups in total. The fourth-order valence-electron chi connectivity index (χ4n) is 2.97. The number of fused-ring (bicyclic) bond motifs is 1. The zero-order chi connectivity index (χ0) is 21.0. The molecule has 152 valence electrons. The lowest BCUT2D eigenvalue weighted by atomic mass is 10.0. The summed E-state index contributed by atoms with van der Waals surface area (Å²) in [5.41, 5.74) is 2.60. The van der Waals surface area contributed by atoms with Crippen molar-refractivity contribution in [2.75, 3.05) is 11.9 Å². The number of nitrogens with one attached hydrogen (secondary N) is 2. The van der Waals surface area contributed by atoms with Gasteiger partial charge in [0, 0.05) is 18.3 Å². The molecule has 0 heterocycles. The Bertz CT molecular complexity index is 1000. The summed E-state index contributed by atoms with van der Waals surface area (Å²) in [7, 11) is 0. The van der Waals surface area contributed by atoms with E-state index < -0.39 is 12.8 Å². The molecule has 0 saturated carbocycles. The molecule has 0 bridgehead atoms. The van der Waals surface area contributed by atoms with E-state index in [9.17, 15) is 18.0 Å². The van der Waals surface area contributed by atoms with Crippen LogP contribution in [-0.2, 0) is 4.79 Å². The Morgan fingerprint density at radius 3 is 2.24 bits per heavy atom. The second-order valence-corrected chi connectivity index (χ2v) is 6.80. The Morgan fingerprint density at radius 2 is 1.59 bits per heavy atom. The van der Waals surface area contributed by atoms with E-state index >= 15 is 0 Å². The van der Waals surface area contributed by atoms with Crippen LogP contribution in [0.5, 0.6) is 5.75 Å². The molecule has 0 aliphatic carbocycles. The molecule has 3 rings (SSSR count). The van der Waals surface area contributed by atoms with Crippen LogP contribution in [0.3, 0.4) is 0 Å². The van der Waals surface area contributed by atoms with Gasteiger partial charge < -0.3 is 15.4 Å². The van der Waals surface area contributed by atoms with Gasteiger partial charge in [0.15, 0.2) is 6.61 Å². The van der Waals surface area contributed by atoms with E-state index in [1.807, 2.05) is 43.3 Å². The van der Waals surface area contributed by atoms with Crippen LogP contribution in [0, 0.1) is 0 Å². The first-order valence-corrected chi connectivity index (χ1v) is 9.07. The smallest absolute Gasteiger partial charge is 0.422 e. The van der Waals surface area contributed by atoms with Crippen molar-refractivity contribution < 1.29 is 22.7 Å². The van der Waals surface area contributed by atoms with Gasteiger partial charge in [-0.2, -0.15) is 13.2 Å². The molecule has 0 saturated heterocycles. The molecule has 0 aromatic heterocycles. The third-order valence-electron chi connectivity index (χ3n) is 4.33. The van der Waals surface area contributed by atoms with Gasteiger partial charge >= 0.3 is 6.18 Å². The monoisotopic (exact) mass is 402 g/mol. The van der Waals surface area contributed by atoms with Gasteiger partial charge in [0.2, 0.25) is 5.91 Å². The first-order valence-electron chi connectivity index (χ1n) is 9.07. The highest BCUT2D eigenvalue weighted by Crippen LogP contribution is 2.26. The van der Waals surface area contributed by atoms with Gasteiger partial charge in [-0.3, -0.25) is 4.79 Å². The van der Waals surface area contributed by atoms with Gasteiger partial charge in [0.1, 0.15) is 5.75 Å². The van der Waals surface area contributed by atoms with E-state index in [0.29, 0.717) is 0 Å². The number of alkyl halides is 3. The maximum Gasteiger partial charge on any atom is 0.422 e. The van der Waals surface area contributed by atoms with Gasteiger partial charge in [-0.1, -0.05) is 18.2 Å². The summed E-state index contributed by atoms with van der Waals surface area (Å²) in [5, 5.41) is 8.16. The van der Waals surface area contributed by atoms with E-state index in [4.69, 9.17) is 4.74 Å². The Balaban J connectivity index is 1.69. The summed E-state index contributed by atoms with van der Waals surface area (Å²) >= 11 is 0. The number of hydrogen-bond donors (Lipinski definition) is 2. The van der Waals surface area contributed by atoms with Crippen molar-refractivity contribution in [1.29, 1.82) is 0 Å². The van der Waals surface area contributed by atoms with Crippen molar-refractivity contribution in [2.24, 2.45) is 0 Å². The second kappa shape index (κ2) is 8.43. The lowest BCUT2D eigenvalue weighted by molar-refractivity contribution is -0.153. The number of halogens is 3. The zero-order valence-corrected chi connectivity index (χ0v) is 16.0. The van der Waals surface area contributed by atoms with E-state index in [1.165, 1.54) is 19.1 Å². The summed E-state index contributed by atoms with van der Waals surface area (Å²) in [5.74, 6) is 0.0826. The van der Waals surface area contributed by atoms with Gasteiger partial charge in [0.05, 0.1) is 6.04 Å². The molecule has 0 spiro atoms. The number of hydrogen-bond acceptors (Lipinski definition) is 3. The maximum atomic E-state index is 12.2. The van der Waals surface area contributed by atoms with Crippen molar-refractivity contribution in [2.45, 2.75) is 26.1 Å². The van der Waals surface area contributed by atoms with Crippen LogP contribution in [-0.4, -0.2) is 18.7 Å². The molecule has 7 heteroatoms. The van der Waals surface area contributed by atoms with Crippen LogP contribution >= 0.6 is 0 Å². The molecular formula is C22H21F3N2O2. The highest BCUT2D eigenvalue weighted by molar-refractivity contribution is 5.87. The molecule has 1 unspecified atom stereocenters. The first-order chi connectivity index (χ1) is 13.7. The summed E-state index contributed by atoms with van der Waals surface area (Å²) in [4.78, 5) is 11.2.